The van der Waals surface area contributed by atoms with Gasteiger partial charge in [0.25, 0.3) is 0 Å². The molecule has 0 spiro atoms. The number of nitrogens with one attached hydrogen (secondary N) is 1. The highest BCUT2D eigenvalue weighted by molar-refractivity contribution is 7.17. The Morgan fingerprint density at radius 3 is 3.20 bits per heavy atom. The van der Waals surface area contributed by atoms with Gasteiger partial charge in [-0.3, -0.25) is 0 Å². The van der Waals surface area contributed by atoms with Crippen molar-refractivity contribution in [3.63, 3.8) is 0 Å². The molecule has 2 aromatic rings. The van der Waals surface area contributed by atoms with Crippen molar-refractivity contribution in [2.24, 2.45) is 0 Å². The fourth-order valence-corrected chi connectivity index (χ4v) is 2.38. The number of rotatable bonds is 4. The number of halogens is 1. The van der Waals surface area contributed by atoms with E-state index >= 15 is 0 Å². The molecule has 2 aromatic heterocycles. The van der Waals surface area contributed by atoms with Crippen molar-refractivity contribution >= 4 is 38.8 Å². The van der Waals surface area contributed by atoms with Crippen LogP contribution in [0.5, 0.6) is 0 Å². The van der Waals surface area contributed by atoms with Crippen LogP contribution in [0.2, 0.25) is 0 Å². The fraction of sp³-hybridized carbons (Fsp3) is 0.364. The minimum atomic E-state index is 0.208. The molecule has 0 aliphatic rings. The maximum atomic E-state index is 5.88. The van der Waals surface area contributed by atoms with Crippen molar-refractivity contribution in [3.8, 4) is 0 Å². The third-order valence-corrected chi connectivity index (χ3v) is 3.36. The van der Waals surface area contributed by atoms with E-state index in [9.17, 15) is 0 Å². The van der Waals surface area contributed by atoms with Crippen LogP contribution in [0.15, 0.2) is 23.7 Å². The van der Waals surface area contributed by atoms with Gasteiger partial charge in [0, 0.05) is 18.1 Å². The summed E-state index contributed by atoms with van der Waals surface area (Å²) < 4.78 is 1.22. The van der Waals surface area contributed by atoms with Crippen LogP contribution in [0.3, 0.4) is 0 Å². The molecule has 0 aromatic carbocycles. The largest absolute Gasteiger partial charge is 0.369 e. The van der Waals surface area contributed by atoms with Gasteiger partial charge in [0.05, 0.1) is 4.70 Å². The highest BCUT2D eigenvalue weighted by atomic mass is 35.5. The molecule has 0 fully saturated rings. The number of pyridine rings is 1. The first kappa shape index (κ1) is 10.7. The zero-order valence-corrected chi connectivity index (χ0v) is 10.1. The maximum Gasteiger partial charge on any atom is 0.143 e. The van der Waals surface area contributed by atoms with Crippen molar-refractivity contribution in [1.29, 1.82) is 0 Å². The number of thiophene rings is 1. The lowest BCUT2D eigenvalue weighted by Crippen LogP contribution is -2.07. The summed E-state index contributed by atoms with van der Waals surface area (Å²) in [7, 11) is 0. The zero-order valence-electron chi connectivity index (χ0n) is 8.53. The Kier molecular flexibility index (Phi) is 3.44. The summed E-state index contributed by atoms with van der Waals surface area (Å²) in [4.78, 5) is 4.33. The fourth-order valence-electron chi connectivity index (χ4n) is 1.41. The third kappa shape index (κ3) is 2.61. The monoisotopic (exact) mass is 240 g/mol. The van der Waals surface area contributed by atoms with Gasteiger partial charge < -0.3 is 5.32 Å². The van der Waals surface area contributed by atoms with Crippen molar-refractivity contribution in [2.45, 2.75) is 18.7 Å². The first-order valence-electron chi connectivity index (χ1n) is 4.97. The van der Waals surface area contributed by atoms with Gasteiger partial charge in [-0.1, -0.05) is 0 Å². The van der Waals surface area contributed by atoms with Crippen LogP contribution in [-0.2, 0) is 0 Å². The molecule has 0 aliphatic heterocycles. The lowest BCUT2D eigenvalue weighted by molar-refractivity contribution is 0.840. The molecular formula is C11H13ClN2S. The van der Waals surface area contributed by atoms with Crippen molar-refractivity contribution in [1.82, 2.24) is 4.98 Å². The quantitative estimate of drug-likeness (QED) is 0.824. The average Bonchev–Trinajstić information content (AvgIpc) is 2.65. The first-order chi connectivity index (χ1) is 7.27. The van der Waals surface area contributed by atoms with Crippen LogP contribution in [0.1, 0.15) is 13.3 Å². The second kappa shape index (κ2) is 4.81. The lowest BCUT2D eigenvalue weighted by Gasteiger charge is -2.07. The van der Waals surface area contributed by atoms with Crippen molar-refractivity contribution in [2.75, 3.05) is 11.9 Å². The molecule has 0 aliphatic carbocycles. The molecule has 1 atom stereocenters. The Morgan fingerprint density at radius 1 is 1.53 bits per heavy atom. The van der Waals surface area contributed by atoms with E-state index in [4.69, 9.17) is 11.6 Å². The lowest BCUT2D eigenvalue weighted by atomic mass is 10.3. The Balaban J connectivity index is 2.10. The molecule has 2 rings (SSSR count). The number of alkyl halides is 1. The van der Waals surface area contributed by atoms with E-state index in [1.165, 1.54) is 10.1 Å². The second-order valence-electron chi connectivity index (χ2n) is 3.49. The topological polar surface area (TPSA) is 24.9 Å². The van der Waals surface area contributed by atoms with Crippen LogP contribution < -0.4 is 5.32 Å². The van der Waals surface area contributed by atoms with Crippen LogP contribution in [0.25, 0.3) is 10.1 Å². The summed E-state index contributed by atoms with van der Waals surface area (Å²) in [5.41, 5.74) is 0. The molecule has 1 N–H and O–H groups in total. The summed E-state index contributed by atoms with van der Waals surface area (Å²) in [6, 6.07) is 4.14. The summed E-state index contributed by atoms with van der Waals surface area (Å²) in [6.07, 6.45) is 2.78. The van der Waals surface area contributed by atoms with Gasteiger partial charge in [0.2, 0.25) is 0 Å². The van der Waals surface area contributed by atoms with Gasteiger partial charge in [0.1, 0.15) is 5.82 Å². The van der Waals surface area contributed by atoms with Gasteiger partial charge >= 0.3 is 0 Å². The predicted octanol–water partition coefficient (Wildman–Crippen LogP) is 3.73. The number of hydrogen-bond donors (Lipinski definition) is 1. The highest BCUT2D eigenvalue weighted by Gasteiger charge is 2.03. The molecule has 0 saturated carbocycles. The first-order valence-corrected chi connectivity index (χ1v) is 6.29. The number of anilines is 1. The molecule has 0 amide bonds. The van der Waals surface area contributed by atoms with Gasteiger partial charge in [-0.15, -0.1) is 22.9 Å². The molecule has 80 valence electrons. The van der Waals surface area contributed by atoms with Gasteiger partial charge in [-0.05, 0) is 36.2 Å². The van der Waals surface area contributed by atoms with E-state index in [1.54, 1.807) is 11.3 Å². The molecule has 15 heavy (non-hydrogen) atoms. The van der Waals surface area contributed by atoms with Crippen molar-refractivity contribution in [3.05, 3.63) is 23.7 Å². The van der Waals surface area contributed by atoms with Crippen LogP contribution >= 0.6 is 22.9 Å². The summed E-state index contributed by atoms with van der Waals surface area (Å²) in [5.74, 6) is 0.972. The van der Waals surface area contributed by atoms with E-state index in [2.05, 4.69) is 21.7 Å². The molecule has 0 saturated heterocycles. The molecule has 0 radical (unpaired) electrons. The molecule has 2 nitrogen and oxygen atoms in total. The summed E-state index contributed by atoms with van der Waals surface area (Å²) >= 11 is 7.60. The standard InChI is InChI=1S/C11H13ClN2S/c1-8(12)2-5-13-11-10-9(3-6-14-11)4-7-15-10/h3-4,6-8H,2,5H2,1H3,(H,13,14). The third-order valence-electron chi connectivity index (χ3n) is 2.20. The van der Waals surface area contributed by atoms with Gasteiger partial charge in [-0.25, -0.2) is 4.98 Å². The molecule has 0 bridgehead atoms. The van der Waals surface area contributed by atoms with Crippen LogP contribution in [0.4, 0.5) is 5.82 Å². The highest BCUT2D eigenvalue weighted by Crippen LogP contribution is 2.26. The van der Waals surface area contributed by atoms with Crippen LogP contribution in [-0.4, -0.2) is 16.9 Å². The van der Waals surface area contributed by atoms with E-state index in [0.717, 1.165) is 18.8 Å². The van der Waals surface area contributed by atoms with Crippen molar-refractivity contribution < 1.29 is 0 Å². The Hall–Kier alpha value is -0.800. The zero-order chi connectivity index (χ0) is 10.7. The van der Waals surface area contributed by atoms with Gasteiger partial charge in [-0.2, -0.15) is 0 Å². The van der Waals surface area contributed by atoms with E-state index in [-0.39, 0.29) is 5.38 Å². The minimum Gasteiger partial charge on any atom is -0.369 e. The Labute approximate surface area is 98.3 Å². The van der Waals surface area contributed by atoms with Crippen LogP contribution in [0, 0.1) is 0 Å². The normalized spacial score (nSPS) is 12.9. The Morgan fingerprint density at radius 2 is 2.40 bits per heavy atom. The maximum absolute atomic E-state index is 5.88. The number of fused-ring (bicyclic) bond motifs is 1. The summed E-state index contributed by atoms with van der Waals surface area (Å²) in [5, 5.41) is 6.86. The predicted molar refractivity (Wildman–Crippen MR) is 68.0 cm³/mol. The average molecular weight is 241 g/mol. The molecular weight excluding hydrogens is 228 g/mol. The number of hydrogen-bond acceptors (Lipinski definition) is 3. The van der Waals surface area contributed by atoms with E-state index in [1.807, 2.05) is 19.2 Å². The Bertz CT molecular complexity index is 439. The SMILES string of the molecule is CC(Cl)CCNc1nccc2ccsc12. The van der Waals surface area contributed by atoms with Gasteiger partial charge in [0.15, 0.2) is 0 Å². The smallest absolute Gasteiger partial charge is 0.143 e. The summed E-state index contributed by atoms with van der Waals surface area (Å²) in [6.45, 7) is 2.87. The van der Waals surface area contributed by atoms with E-state index in [0.29, 0.717) is 0 Å². The number of nitrogens with zero attached hydrogens (tertiary/aromatic N) is 1. The minimum absolute atomic E-state index is 0.208. The number of aromatic nitrogens is 1. The molecule has 1 unspecified atom stereocenters. The molecule has 4 heteroatoms. The second-order valence-corrected chi connectivity index (χ2v) is 5.16. The molecule has 2 heterocycles. The van der Waals surface area contributed by atoms with E-state index < -0.39 is 0 Å².